The van der Waals surface area contributed by atoms with Crippen LogP contribution >= 0.6 is 0 Å². The third kappa shape index (κ3) is 2.83. The molecule has 2 unspecified atom stereocenters. The molecule has 0 aliphatic carbocycles. The first-order valence-corrected chi connectivity index (χ1v) is 7.13. The number of carboxylic acids is 1. The molecule has 1 saturated heterocycles. The highest BCUT2D eigenvalue weighted by molar-refractivity contribution is 5.98. The van der Waals surface area contributed by atoms with Crippen LogP contribution in [0.4, 0.5) is 5.82 Å². The lowest BCUT2D eigenvalue weighted by molar-refractivity contribution is 0.0697. The maximum atomic E-state index is 11.4. The van der Waals surface area contributed by atoms with Gasteiger partial charge in [0.1, 0.15) is 11.4 Å². The van der Waals surface area contributed by atoms with E-state index in [1.807, 2.05) is 31.2 Å². The quantitative estimate of drug-likeness (QED) is 0.904. The van der Waals surface area contributed by atoms with Crippen LogP contribution in [0.1, 0.15) is 23.7 Å². The molecule has 2 aromatic rings. The maximum absolute atomic E-state index is 11.4. The van der Waals surface area contributed by atoms with E-state index in [1.54, 1.807) is 6.07 Å². The Kier molecular flexibility index (Phi) is 3.75. The molecule has 0 bridgehead atoms. The summed E-state index contributed by atoms with van der Waals surface area (Å²) in [7, 11) is 0. The van der Waals surface area contributed by atoms with Crippen LogP contribution < -0.4 is 5.32 Å². The summed E-state index contributed by atoms with van der Waals surface area (Å²) in [6.07, 6.45) is 1.19. The van der Waals surface area contributed by atoms with Gasteiger partial charge >= 0.3 is 5.97 Å². The summed E-state index contributed by atoms with van der Waals surface area (Å²) in [4.78, 5) is 15.9. The second-order valence-electron chi connectivity index (χ2n) is 5.39. The summed E-state index contributed by atoms with van der Waals surface area (Å²) >= 11 is 0. The summed E-state index contributed by atoms with van der Waals surface area (Å²) < 4.78 is 5.53. The molecule has 1 aromatic heterocycles. The standard InChI is InChI=1S/C16H18N2O3/c1-10-12(6-7-21-10)9-17-15-13(16(19)20)8-11-4-2-3-5-14(11)18-15/h2-5,8,10,12H,6-7,9H2,1H3,(H,17,18)(H,19,20). The van der Waals surface area contributed by atoms with E-state index in [0.717, 1.165) is 23.9 Å². The van der Waals surface area contributed by atoms with Crippen LogP contribution in [0.3, 0.4) is 0 Å². The van der Waals surface area contributed by atoms with Crippen molar-refractivity contribution in [3.63, 3.8) is 0 Å². The molecule has 1 aromatic carbocycles. The van der Waals surface area contributed by atoms with Crippen LogP contribution in [0.25, 0.3) is 10.9 Å². The lowest BCUT2D eigenvalue weighted by Gasteiger charge is -2.16. The number of carbonyl (C=O) groups is 1. The van der Waals surface area contributed by atoms with Gasteiger partial charge in [0.2, 0.25) is 0 Å². The van der Waals surface area contributed by atoms with E-state index in [9.17, 15) is 9.90 Å². The first-order valence-electron chi connectivity index (χ1n) is 7.13. The van der Waals surface area contributed by atoms with Crippen molar-refractivity contribution in [2.75, 3.05) is 18.5 Å². The Bertz CT molecular complexity index is 672. The zero-order valence-electron chi connectivity index (χ0n) is 11.9. The first-order chi connectivity index (χ1) is 10.1. The van der Waals surface area contributed by atoms with Crippen LogP contribution in [0, 0.1) is 5.92 Å². The minimum absolute atomic E-state index is 0.200. The number of benzene rings is 1. The van der Waals surface area contributed by atoms with Crippen molar-refractivity contribution in [2.24, 2.45) is 5.92 Å². The molecule has 21 heavy (non-hydrogen) atoms. The lowest BCUT2D eigenvalue weighted by atomic mass is 10.0. The second kappa shape index (κ2) is 5.69. The predicted octanol–water partition coefficient (Wildman–Crippen LogP) is 2.77. The first kappa shape index (κ1) is 13.8. The van der Waals surface area contributed by atoms with Crippen molar-refractivity contribution >= 4 is 22.7 Å². The van der Waals surface area contributed by atoms with Crippen LogP contribution in [-0.2, 0) is 4.74 Å². The van der Waals surface area contributed by atoms with Gasteiger partial charge in [-0.05, 0) is 25.5 Å². The highest BCUT2D eigenvalue weighted by Gasteiger charge is 2.24. The lowest BCUT2D eigenvalue weighted by Crippen LogP contribution is -2.22. The van der Waals surface area contributed by atoms with Gasteiger partial charge in [-0.1, -0.05) is 18.2 Å². The van der Waals surface area contributed by atoms with Crippen LogP contribution in [-0.4, -0.2) is 35.3 Å². The third-order valence-electron chi connectivity index (χ3n) is 4.02. The van der Waals surface area contributed by atoms with Gasteiger partial charge in [-0.2, -0.15) is 0 Å². The van der Waals surface area contributed by atoms with Gasteiger partial charge in [-0.3, -0.25) is 0 Å². The number of rotatable bonds is 4. The molecule has 2 N–H and O–H groups in total. The Balaban J connectivity index is 1.88. The zero-order chi connectivity index (χ0) is 14.8. The number of fused-ring (bicyclic) bond motifs is 1. The van der Waals surface area contributed by atoms with Crippen LogP contribution in [0.5, 0.6) is 0 Å². The van der Waals surface area contributed by atoms with Gasteiger partial charge in [0.25, 0.3) is 0 Å². The van der Waals surface area contributed by atoms with Crippen molar-refractivity contribution in [1.29, 1.82) is 0 Å². The number of hydrogen-bond acceptors (Lipinski definition) is 4. The van der Waals surface area contributed by atoms with Gasteiger partial charge in [0.15, 0.2) is 0 Å². The fraction of sp³-hybridized carbons (Fsp3) is 0.375. The molecule has 0 saturated carbocycles. The summed E-state index contributed by atoms with van der Waals surface area (Å²) in [6, 6.07) is 9.19. The summed E-state index contributed by atoms with van der Waals surface area (Å²) in [5.41, 5.74) is 1.00. The van der Waals surface area contributed by atoms with E-state index in [-0.39, 0.29) is 11.7 Å². The second-order valence-corrected chi connectivity index (χ2v) is 5.39. The fourth-order valence-corrected chi connectivity index (χ4v) is 2.69. The number of aromatic carboxylic acids is 1. The minimum atomic E-state index is -0.966. The van der Waals surface area contributed by atoms with E-state index in [0.29, 0.717) is 18.3 Å². The van der Waals surface area contributed by atoms with Gasteiger partial charge in [-0.25, -0.2) is 9.78 Å². The number of nitrogens with zero attached hydrogens (tertiary/aromatic N) is 1. The molecule has 1 aliphatic rings. The van der Waals surface area contributed by atoms with Crippen LogP contribution in [0.15, 0.2) is 30.3 Å². The van der Waals surface area contributed by atoms with Crippen molar-refractivity contribution in [3.05, 3.63) is 35.9 Å². The average Bonchev–Trinajstić information content (AvgIpc) is 2.89. The third-order valence-corrected chi connectivity index (χ3v) is 4.02. The number of ether oxygens (including phenoxy) is 1. The molecule has 1 fully saturated rings. The maximum Gasteiger partial charge on any atom is 0.339 e. The van der Waals surface area contributed by atoms with Crippen molar-refractivity contribution in [3.8, 4) is 0 Å². The molecular formula is C16H18N2O3. The predicted molar refractivity (Wildman–Crippen MR) is 80.7 cm³/mol. The smallest absolute Gasteiger partial charge is 0.339 e. The molecule has 1 aliphatic heterocycles. The SMILES string of the molecule is CC1OCCC1CNc1nc2ccccc2cc1C(=O)O. The zero-order valence-corrected chi connectivity index (χ0v) is 11.9. The summed E-state index contributed by atoms with van der Waals surface area (Å²) in [5.74, 6) is -0.147. The molecule has 2 heterocycles. The fourth-order valence-electron chi connectivity index (χ4n) is 2.69. The Hall–Kier alpha value is -2.14. The molecule has 0 radical (unpaired) electrons. The molecule has 2 atom stereocenters. The Morgan fingerprint density at radius 1 is 1.48 bits per heavy atom. The number of aromatic nitrogens is 1. The molecule has 5 heteroatoms. The van der Waals surface area contributed by atoms with E-state index >= 15 is 0 Å². The van der Waals surface area contributed by atoms with E-state index in [4.69, 9.17) is 4.74 Å². The molecule has 0 amide bonds. The highest BCUT2D eigenvalue weighted by atomic mass is 16.5. The van der Waals surface area contributed by atoms with Gasteiger partial charge in [0, 0.05) is 24.5 Å². The number of hydrogen-bond donors (Lipinski definition) is 2. The molecule has 3 rings (SSSR count). The topological polar surface area (TPSA) is 71.5 Å². The number of pyridine rings is 1. The number of para-hydroxylation sites is 1. The van der Waals surface area contributed by atoms with E-state index in [1.165, 1.54) is 0 Å². The van der Waals surface area contributed by atoms with Gasteiger partial charge in [0.05, 0.1) is 11.6 Å². The summed E-state index contributed by atoms with van der Waals surface area (Å²) in [6.45, 7) is 3.49. The van der Waals surface area contributed by atoms with Crippen LogP contribution in [0.2, 0.25) is 0 Å². The largest absolute Gasteiger partial charge is 0.478 e. The number of nitrogens with one attached hydrogen (secondary N) is 1. The van der Waals surface area contributed by atoms with Crippen molar-refractivity contribution in [2.45, 2.75) is 19.4 Å². The molecule has 110 valence electrons. The van der Waals surface area contributed by atoms with Gasteiger partial charge in [-0.15, -0.1) is 0 Å². The molecule has 5 nitrogen and oxygen atoms in total. The van der Waals surface area contributed by atoms with Crippen molar-refractivity contribution < 1.29 is 14.6 Å². The average molecular weight is 286 g/mol. The normalized spacial score (nSPS) is 21.6. The van der Waals surface area contributed by atoms with E-state index < -0.39 is 5.97 Å². The molecular weight excluding hydrogens is 268 g/mol. The molecule has 0 spiro atoms. The Morgan fingerprint density at radius 2 is 2.29 bits per heavy atom. The number of anilines is 1. The Labute approximate surface area is 123 Å². The Morgan fingerprint density at radius 3 is 3.00 bits per heavy atom. The van der Waals surface area contributed by atoms with E-state index in [2.05, 4.69) is 10.3 Å². The highest BCUT2D eigenvalue weighted by Crippen LogP contribution is 2.24. The summed E-state index contributed by atoms with van der Waals surface area (Å²) in [5, 5.41) is 13.4. The van der Waals surface area contributed by atoms with Crippen molar-refractivity contribution in [1.82, 2.24) is 4.98 Å². The minimum Gasteiger partial charge on any atom is -0.478 e. The number of carboxylic acid groups (broad SMARTS) is 1. The monoisotopic (exact) mass is 286 g/mol. The van der Waals surface area contributed by atoms with Gasteiger partial charge < -0.3 is 15.2 Å².